The van der Waals surface area contributed by atoms with Gasteiger partial charge in [-0.1, -0.05) is 37.3 Å². The molecule has 0 aromatic heterocycles. The quantitative estimate of drug-likeness (QED) is 0.471. The molecule has 0 N–H and O–H groups in total. The van der Waals surface area contributed by atoms with Crippen molar-refractivity contribution in [1.82, 2.24) is 4.90 Å². The summed E-state index contributed by atoms with van der Waals surface area (Å²) in [6.07, 6.45) is 2.80. The highest BCUT2D eigenvalue weighted by Crippen LogP contribution is 2.36. The molecule has 0 fully saturated rings. The molecule has 1 heterocycles. The molecule has 0 saturated heterocycles. The summed E-state index contributed by atoms with van der Waals surface area (Å²) in [4.78, 5) is 28.2. The summed E-state index contributed by atoms with van der Waals surface area (Å²) in [5.74, 6) is -0.380. The van der Waals surface area contributed by atoms with Crippen LogP contribution in [0.1, 0.15) is 34.1 Å². The lowest BCUT2D eigenvalue weighted by Gasteiger charge is -2.27. The summed E-state index contributed by atoms with van der Waals surface area (Å²) in [6.45, 7) is 2.42. The standard InChI is InChI=1S/C22H19NO2S/c1-3-13-23-21(24)18-6-4-5-17-16(11-12-19(20(17)18)22(23)25)14-7-9-15(26-2)10-8-14/h4-12H,3,13H2,1-2H3. The maximum Gasteiger partial charge on any atom is 0.261 e. The topological polar surface area (TPSA) is 37.4 Å². The van der Waals surface area contributed by atoms with E-state index in [1.165, 1.54) is 9.80 Å². The molecule has 1 aliphatic heterocycles. The fourth-order valence-electron chi connectivity index (χ4n) is 3.60. The molecule has 4 rings (SSSR count). The van der Waals surface area contributed by atoms with Crippen LogP contribution >= 0.6 is 11.8 Å². The van der Waals surface area contributed by atoms with Crippen molar-refractivity contribution in [2.75, 3.05) is 12.8 Å². The lowest BCUT2D eigenvalue weighted by molar-refractivity contribution is 0.0610. The summed E-state index contributed by atoms with van der Waals surface area (Å²) < 4.78 is 0. The van der Waals surface area contributed by atoms with Crippen molar-refractivity contribution in [2.24, 2.45) is 0 Å². The number of hydrogen-bond donors (Lipinski definition) is 0. The van der Waals surface area contributed by atoms with E-state index in [9.17, 15) is 9.59 Å². The average Bonchev–Trinajstić information content (AvgIpc) is 2.69. The molecule has 130 valence electrons. The molecule has 3 aromatic carbocycles. The van der Waals surface area contributed by atoms with Crippen LogP contribution in [-0.2, 0) is 0 Å². The third kappa shape index (κ3) is 2.53. The zero-order valence-corrected chi connectivity index (χ0v) is 15.6. The van der Waals surface area contributed by atoms with Crippen molar-refractivity contribution in [3.8, 4) is 11.1 Å². The van der Waals surface area contributed by atoms with Crippen molar-refractivity contribution in [3.05, 3.63) is 65.7 Å². The number of benzene rings is 3. The smallest absolute Gasteiger partial charge is 0.261 e. The monoisotopic (exact) mass is 361 g/mol. The van der Waals surface area contributed by atoms with Gasteiger partial charge in [0.1, 0.15) is 0 Å². The normalized spacial score (nSPS) is 13.5. The second kappa shape index (κ2) is 6.61. The van der Waals surface area contributed by atoms with Crippen molar-refractivity contribution in [3.63, 3.8) is 0 Å². The van der Waals surface area contributed by atoms with E-state index in [0.717, 1.165) is 28.3 Å². The Morgan fingerprint density at radius 3 is 2.15 bits per heavy atom. The first-order chi connectivity index (χ1) is 12.7. The number of rotatable bonds is 4. The minimum atomic E-state index is -0.190. The minimum absolute atomic E-state index is 0.190. The Balaban J connectivity index is 1.94. The van der Waals surface area contributed by atoms with E-state index < -0.39 is 0 Å². The largest absolute Gasteiger partial charge is 0.274 e. The Hall–Kier alpha value is -2.59. The molecule has 0 atom stereocenters. The number of carbonyl (C=O) groups is 2. The molecule has 0 spiro atoms. The number of thioether (sulfide) groups is 1. The molecule has 0 radical (unpaired) electrons. The van der Waals surface area contributed by atoms with Gasteiger partial charge in [-0.05, 0) is 53.5 Å². The third-order valence-corrected chi connectivity index (χ3v) is 5.58. The third-order valence-electron chi connectivity index (χ3n) is 4.84. The van der Waals surface area contributed by atoms with Gasteiger partial charge in [0, 0.05) is 28.0 Å². The number of amides is 2. The van der Waals surface area contributed by atoms with Crippen molar-refractivity contribution < 1.29 is 9.59 Å². The first kappa shape index (κ1) is 16.9. The van der Waals surface area contributed by atoms with E-state index in [-0.39, 0.29) is 11.8 Å². The summed E-state index contributed by atoms with van der Waals surface area (Å²) in [5.41, 5.74) is 3.37. The number of nitrogens with zero attached hydrogens (tertiary/aromatic N) is 1. The number of hydrogen-bond acceptors (Lipinski definition) is 3. The van der Waals surface area contributed by atoms with Gasteiger partial charge in [0.05, 0.1) is 0 Å². The van der Waals surface area contributed by atoms with Gasteiger partial charge < -0.3 is 0 Å². The van der Waals surface area contributed by atoms with Crippen LogP contribution in [0.2, 0.25) is 0 Å². The molecule has 0 unspecified atom stereocenters. The zero-order chi connectivity index (χ0) is 18.3. The molecule has 2 amide bonds. The van der Waals surface area contributed by atoms with Crippen LogP contribution in [0.4, 0.5) is 0 Å². The molecule has 0 saturated carbocycles. The van der Waals surface area contributed by atoms with E-state index in [1.54, 1.807) is 11.8 Å². The van der Waals surface area contributed by atoms with Gasteiger partial charge in [0.2, 0.25) is 0 Å². The molecular weight excluding hydrogens is 342 g/mol. The van der Waals surface area contributed by atoms with E-state index >= 15 is 0 Å². The van der Waals surface area contributed by atoms with Crippen LogP contribution in [0.3, 0.4) is 0 Å². The van der Waals surface area contributed by atoms with E-state index in [0.29, 0.717) is 17.7 Å². The fraction of sp³-hybridized carbons (Fsp3) is 0.182. The van der Waals surface area contributed by atoms with Gasteiger partial charge in [-0.15, -0.1) is 11.8 Å². The summed E-state index contributed by atoms with van der Waals surface area (Å²) in [6, 6.07) is 17.9. The number of carbonyl (C=O) groups excluding carboxylic acids is 2. The van der Waals surface area contributed by atoms with E-state index in [2.05, 4.69) is 30.5 Å². The van der Waals surface area contributed by atoms with Crippen LogP contribution in [0.25, 0.3) is 21.9 Å². The van der Waals surface area contributed by atoms with Gasteiger partial charge in [0.15, 0.2) is 0 Å². The van der Waals surface area contributed by atoms with Crippen molar-refractivity contribution in [1.29, 1.82) is 0 Å². The van der Waals surface area contributed by atoms with E-state index in [1.807, 2.05) is 37.3 Å². The first-order valence-electron chi connectivity index (χ1n) is 8.72. The van der Waals surface area contributed by atoms with Crippen molar-refractivity contribution >= 4 is 34.3 Å². The van der Waals surface area contributed by atoms with Crippen LogP contribution < -0.4 is 0 Å². The fourth-order valence-corrected chi connectivity index (χ4v) is 4.00. The van der Waals surface area contributed by atoms with Gasteiger partial charge >= 0.3 is 0 Å². The van der Waals surface area contributed by atoms with Crippen LogP contribution in [0.15, 0.2) is 59.5 Å². The zero-order valence-electron chi connectivity index (χ0n) is 14.8. The highest BCUT2D eigenvalue weighted by atomic mass is 32.2. The molecule has 4 heteroatoms. The van der Waals surface area contributed by atoms with Crippen LogP contribution in [-0.4, -0.2) is 29.5 Å². The molecule has 1 aliphatic rings. The average molecular weight is 361 g/mol. The Morgan fingerprint density at radius 1 is 0.846 bits per heavy atom. The van der Waals surface area contributed by atoms with E-state index in [4.69, 9.17) is 0 Å². The first-order valence-corrected chi connectivity index (χ1v) is 9.94. The minimum Gasteiger partial charge on any atom is -0.274 e. The maximum absolute atomic E-state index is 12.8. The predicted octanol–water partition coefficient (Wildman–Crippen LogP) is 5.23. The van der Waals surface area contributed by atoms with Gasteiger partial charge in [-0.2, -0.15) is 0 Å². The summed E-state index contributed by atoms with van der Waals surface area (Å²) >= 11 is 1.70. The van der Waals surface area contributed by atoms with Gasteiger partial charge in [-0.3, -0.25) is 14.5 Å². The molecule has 26 heavy (non-hydrogen) atoms. The van der Waals surface area contributed by atoms with Crippen LogP contribution in [0, 0.1) is 0 Å². The van der Waals surface area contributed by atoms with Gasteiger partial charge in [-0.25, -0.2) is 0 Å². The predicted molar refractivity (Wildman–Crippen MR) is 107 cm³/mol. The highest BCUT2D eigenvalue weighted by molar-refractivity contribution is 7.98. The lowest BCUT2D eigenvalue weighted by Crippen LogP contribution is -2.40. The molecule has 0 aliphatic carbocycles. The molecule has 3 nitrogen and oxygen atoms in total. The Bertz CT molecular complexity index is 1000. The second-order valence-electron chi connectivity index (χ2n) is 6.38. The molecular formula is C22H19NO2S. The Labute approximate surface area is 157 Å². The molecule has 0 bridgehead atoms. The summed E-state index contributed by atoms with van der Waals surface area (Å²) in [7, 11) is 0. The SMILES string of the molecule is CCCN1C(=O)c2cccc3c(-c4ccc(SC)cc4)ccc(c23)C1=O. The molecule has 3 aromatic rings. The Morgan fingerprint density at radius 2 is 1.50 bits per heavy atom. The number of imide groups is 1. The second-order valence-corrected chi connectivity index (χ2v) is 7.26. The maximum atomic E-state index is 12.8. The highest BCUT2D eigenvalue weighted by Gasteiger charge is 2.32. The lowest BCUT2D eigenvalue weighted by atomic mass is 9.89. The van der Waals surface area contributed by atoms with Crippen molar-refractivity contribution in [2.45, 2.75) is 18.2 Å². The summed E-state index contributed by atoms with van der Waals surface area (Å²) in [5, 5.41) is 1.73. The van der Waals surface area contributed by atoms with Gasteiger partial charge in [0.25, 0.3) is 11.8 Å². The van der Waals surface area contributed by atoms with Crippen LogP contribution in [0.5, 0.6) is 0 Å². The Kier molecular flexibility index (Phi) is 4.29.